The predicted molar refractivity (Wildman–Crippen MR) is 110 cm³/mol. The maximum absolute atomic E-state index is 13.2. The molecule has 0 spiro atoms. The van der Waals surface area contributed by atoms with Crippen molar-refractivity contribution in [3.05, 3.63) is 65.2 Å². The number of carbonyl (C=O) groups is 1. The number of anilines is 1. The molecule has 0 fully saturated rings. The number of carbonyl (C=O) groups excluding carboxylic acids is 1. The first-order valence-electron chi connectivity index (χ1n) is 8.52. The fraction of sp³-hybridized carbons (Fsp3) is 0.105. The molecule has 2 heterocycles. The van der Waals surface area contributed by atoms with Crippen molar-refractivity contribution in [3.8, 4) is 5.69 Å². The minimum absolute atomic E-state index is 0.126. The number of aryl methyl sites for hydroxylation is 1. The molecule has 0 aliphatic rings. The van der Waals surface area contributed by atoms with Crippen LogP contribution in [0.5, 0.6) is 0 Å². The Morgan fingerprint density at radius 2 is 2.00 bits per heavy atom. The van der Waals surface area contributed by atoms with E-state index in [1.54, 1.807) is 24.3 Å². The van der Waals surface area contributed by atoms with Crippen LogP contribution in [0.4, 0.5) is 10.1 Å². The van der Waals surface area contributed by atoms with Gasteiger partial charge in [-0.1, -0.05) is 34.6 Å². The van der Waals surface area contributed by atoms with E-state index >= 15 is 0 Å². The third-order valence-electron chi connectivity index (χ3n) is 4.07. The number of nitrogens with zero attached hydrogens (tertiary/aromatic N) is 5. The number of halogens is 2. The van der Waals surface area contributed by atoms with Crippen molar-refractivity contribution in [3.63, 3.8) is 0 Å². The maximum atomic E-state index is 13.2. The Bertz CT molecular complexity index is 1200. The smallest absolute Gasteiger partial charge is 0.234 e. The van der Waals surface area contributed by atoms with Gasteiger partial charge in [-0.2, -0.15) is 4.68 Å². The van der Waals surface area contributed by atoms with Crippen LogP contribution in [0.2, 0.25) is 5.02 Å². The van der Waals surface area contributed by atoms with E-state index in [-0.39, 0.29) is 17.5 Å². The molecule has 29 heavy (non-hydrogen) atoms. The van der Waals surface area contributed by atoms with E-state index in [1.165, 1.54) is 34.9 Å². The number of hydrogen-bond acceptors (Lipinski definition) is 6. The minimum Gasteiger partial charge on any atom is -0.325 e. The fourth-order valence-corrected chi connectivity index (χ4v) is 3.50. The average molecular weight is 429 g/mol. The number of fused-ring (bicyclic) bond motifs is 1. The Kier molecular flexibility index (Phi) is 5.41. The van der Waals surface area contributed by atoms with Crippen molar-refractivity contribution in [1.82, 2.24) is 25.0 Å². The zero-order valence-corrected chi connectivity index (χ0v) is 16.7. The highest BCUT2D eigenvalue weighted by Crippen LogP contribution is 2.25. The number of benzene rings is 2. The summed E-state index contributed by atoms with van der Waals surface area (Å²) in [4.78, 5) is 20.7. The van der Waals surface area contributed by atoms with Gasteiger partial charge in [0.2, 0.25) is 5.91 Å². The van der Waals surface area contributed by atoms with Crippen molar-refractivity contribution in [2.75, 3.05) is 11.1 Å². The Labute approximate surface area is 174 Å². The van der Waals surface area contributed by atoms with Crippen molar-refractivity contribution >= 4 is 46.1 Å². The van der Waals surface area contributed by atoms with Crippen LogP contribution in [0.1, 0.15) is 5.56 Å². The normalized spacial score (nSPS) is 11.0. The van der Waals surface area contributed by atoms with Crippen molar-refractivity contribution in [2.24, 2.45) is 0 Å². The molecule has 0 aliphatic heterocycles. The Morgan fingerprint density at radius 1 is 1.21 bits per heavy atom. The first-order valence-corrected chi connectivity index (χ1v) is 9.89. The zero-order valence-electron chi connectivity index (χ0n) is 15.1. The van der Waals surface area contributed by atoms with Gasteiger partial charge >= 0.3 is 0 Å². The lowest BCUT2D eigenvalue weighted by Gasteiger charge is -2.07. The summed E-state index contributed by atoms with van der Waals surface area (Å²) in [6.07, 6.45) is 1.38. The summed E-state index contributed by atoms with van der Waals surface area (Å²) >= 11 is 7.31. The number of amides is 1. The second-order valence-corrected chi connectivity index (χ2v) is 7.50. The van der Waals surface area contributed by atoms with Gasteiger partial charge in [-0.25, -0.2) is 14.4 Å². The van der Waals surface area contributed by atoms with Gasteiger partial charge in [0.05, 0.1) is 11.4 Å². The highest BCUT2D eigenvalue weighted by atomic mass is 35.5. The lowest BCUT2D eigenvalue weighted by atomic mass is 10.2. The lowest BCUT2D eigenvalue weighted by Crippen LogP contribution is -2.14. The highest BCUT2D eigenvalue weighted by molar-refractivity contribution is 8.00. The monoisotopic (exact) mass is 428 g/mol. The lowest BCUT2D eigenvalue weighted by molar-refractivity contribution is -0.113. The molecule has 0 atom stereocenters. The molecule has 4 rings (SSSR count). The zero-order chi connectivity index (χ0) is 20.4. The largest absolute Gasteiger partial charge is 0.325 e. The van der Waals surface area contributed by atoms with Crippen LogP contribution in [0.25, 0.3) is 16.9 Å². The standard InChI is InChI=1S/C19H14ClFN6OS/c1-11-2-5-13(8-15(11)20)24-16(28)9-29-19-17-18(22-10-23-19)27(26-25-17)14-6-3-12(21)4-7-14/h2-8,10H,9H2,1H3,(H,24,28). The van der Waals surface area contributed by atoms with Crippen LogP contribution >= 0.6 is 23.4 Å². The van der Waals surface area contributed by atoms with Gasteiger partial charge in [0.15, 0.2) is 11.2 Å². The second-order valence-electron chi connectivity index (χ2n) is 6.13. The first kappa shape index (κ1) is 19.3. The van der Waals surface area contributed by atoms with Crippen LogP contribution in [0.3, 0.4) is 0 Å². The molecule has 2 aromatic carbocycles. The molecule has 0 radical (unpaired) electrons. The van der Waals surface area contributed by atoms with Crippen LogP contribution in [-0.2, 0) is 4.79 Å². The number of aromatic nitrogens is 5. The predicted octanol–water partition coefficient (Wildman–Crippen LogP) is 4.04. The molecule has 2 aromatic heterocycles. The SMILES string of the molecule is Cc1ccc(NC(=O)CSc2ncnc3c2nnn3-c2ccc(F)cc2)cc1Cl. The van der Waals surface area contributed by atoms with Gasteiger partial charge in [0, 0.05) is 10.7 Å². The molecule has 1 N–H and O–H groups in total. The van der Waals surface area contributed by atoms with E-state index in [0.717, 1.165) is 5.56 Å². The van der Waals surface area contributed by atoms with Crippen LogP contribution in [0.15, 0.2) is 53.8 Å². The maximum Gasteiger partial charge on any atom is 0.234 e. The number of nitrogens with one attached hydrogen (secondary N) is 1. The van der Waals surface area contributed by atoms with Gasteiger partial charge in [-0.05, 0) is 48.9 Å². The summed E-state index contributed by atoms with van der Waals surface area (Å²) in [6.45, 7) is 1.89. The molecule has 0 saturated carbocycles. The van der Waals surface area contributed by atoms with Crippen LogP contribution < -0.4 is 5.32 Å². The Hall–Kier alpha value is -3.04. The van der Waals surface area contributed by atoms with Gasteiger partial charge in [-0.3, -0.25) is 4.79 Å². The summed E-state index contributed by atoms with van der Waals surface area (Å²) in [6, 6.07) is 11.2. The molecule has 146 valence electrons. The fourth-order valence-electron chi connectivity index (χ4n) is 2.59. The quantitative estimate of drug-likeness (QED) is 0.381. The van der Waals surface area contributed by atoms with Gasteiger partial charge in [-0.15, -0.1) is 5.10 Å². The molecular formula is C19H14ClFN6OS. The van der Waals surface area contributed by atoms with E-state index in [0.29, 0.717) is 32.6 Å². The summed E-state index contributed by atoms with van der Waals surface area (Å²) in [5, 5.41) is 12.1. The molecule has 0 saturated heterocycles. The number of rotatable bonds is 5. The van der Waals surface area contributed by atoms with Crippen LogP contribution in [-0.4, -0.2) is 36.6 Å². The van der Waals surface area contributed by atoms with Crippen LogP contribution in [0, 0.1) is 12.7 Å². The molecule has 1 amide bonds. The summed E-state index contributed by atoms with van der Waals surface area (Å²) in [7, 11) is 0. The minimum atomic E-state index is -0.343. The molecule has 7 nitrogen and oxygen atoms in total. The van der Waals surface area contributed by atoms with E-state index in [4.69, 9.17) is 11.6 Å². The molecule has 0 unspecified atom stereocenters. The average Bonchev–Trinajstić information content (AvgIpc) is 3.14. The van der Waals surface area contributed by atoms with Crippen molar-refractivity contribution < 1.29 is 9.18 Å². The number of hydrogen-bond donors (Lipinski definition) is 1. The summed E-state index contributed by atoms with van der Waals surface area (Å²) < 4.78 is 14.7. The van der Waals surface area contributed by atoms with E-state index in [1.807, 2.05) is 13.0 Å². The van der Waals surface area contributed by atoms with E-state index < -0.39 is 0 Å². The molecular weight excluding hydrogens is 415 g/mol. The van der Waals surface area contributed by atoms with E-state index in [2.05, 4.69) is 25.6 Å². The van der Waals surface area contributed by atoms with Crippen molar-refractivity contribution in [1.29, 1.82) is 0 Å². The Morgan fingerprint density at radius 3 is 2.76 bits per heavy atom. The third kappa shape index (κ3) is 4.20. The Balaban J connectivity index is 1.50. The highest BCUT2D eigenvalue weighted by Gasteiger charge is 2.15. The van der Waals surface area contributed by atoms with Gasteiger partial charge < -0.3 is 5.32 Å². The molecule has 0 bridgehead atoms. The summed E-state index contributed by atoms with van der Waals surface area (Å²) in [5.74, 6) is -0.418. The van der Waals surface area contributed by atoms with Gasteiger partial charge in [0.1, 0.15) is 17.2 Å². The third-order valence-corrected chi connectivity index (χ3v) is 5.46. The molecule has 0 aliphatic carbocycles. The topological polar surface area (TPSA) is 85.6 Å². The van der Waals surface area contributed by atoms with Gasteiger partial charge in [0.25, 0.3) is 0 Å². The first-order chi connectivity index (χ1) is 14.0. The number of thioether (sulfide) groups is 1. The summed E-state index contributed by atoms with van der Waals surface area (Å²) in [5.41, 5.74) is 3.12. The second kappa shape index (κ2) is 8.14. The van der Waals surface area contributed by atoms with Crippen molar-refractivity contribution in [2.45, 2.75) is 11.9 Å². The molecule has 4 aromatic rings. The van der Waals surface area contributed by atoms with E-state index in [9.17, 15) is 9.18 Å². The molecule has 10 heteroatoms.